The number of anilines is 1. The van der Waals surface area contributed by atoms with Crippen LogP contribution in [-0.4, -0.2) is 69.0 Å². The molecule has 0 saturated carbocycles. The van der Waals surface area contributed by atoms with E-state index in [4.69, 9.17) is 0 Å². The van der Waals surface area contributed by atoms with Crippen molar-refractivity contribution in [2.24, 2.45) is 0 Å². The summed E-state index contributed by atoms with van der Waals surface area (Å²) in [5.41, 5.74) is 0.246. The molecule has 0 bridgehead atoms. The molecule has 1 aromatic rings. The summed E-state index contributed by atoms with van der Waals surface area (Å²) in [5.74, 6) is -0.802. The second-order valence-electron chi connectivity index (χ2n) is 5.93. The molecule has 0 spiro atoms. The van der Waals surface area contributed by atoms with Crippen LogP contribution in [0.15, 0.2) is 24.3 Å². The highest BCUT2D eigenvalue weighted by Crippen LogP contribution is 2.24. The molecule has 1 atom stereocenters. The molecule has 1 saturated heterocycles. The lowest BCUT2D eigenvalue weighted by molar-refractivity contribution is -0.136. The Morgan fingerprint density at radius 1 is 1.24 bits per heavy atom. The first-order valence-corrected chi connectivity index (χ1v) is 9.86. The Labute approximate surface area is 147 Å². The lowest BCUT2D eigenvalue weighted by atomic mass is 10.1. The van der Waals surface area contributed by atoms with E-state index in [1.54, 1.807) is 16.7 Å². The highest BCUT2D eigenvalue weighted by atomic mass is 32.2. The van der Waals surface area contributed by atoms with Crippen molar-refractivity contribution >= 4 is 28.0 Å². The topological polar surface area (TPSA) is 78.0 Å². The van der Waals surface area contributed by atoms with Gasteiger partial charge in [0.05, 0.1) is 11.9 Å². The molecule has 0 aromatic heterocycles. The Kier molecular flexibility index (Phi) is 5.99. The van der Waals surface area contributed by atoms with Crippen LogP contribution in [0.2, 0.25) is 0 Å². The molecular formula is C16H22FN3O4S. The van der Waals surface area contributed by atoms with Crippen molar-refractivity contribution in [3.05, 3.63) is 30.1 Å². The number of sulfonamides is 1. The van der Waals surface area contributed by atoms with E-state index in [-0.39, 0.29) is 18.0 Å². The summed E-state index contributed by atoms with van der Waals surface area (Å²) in [4.78, 5) is 26.8. The van der Waals surface area contributed by atoms with Crippen molar-refractivity contribution in [3.63, 3.8) is 0 Å². The molecule has 0 unspecified atom stereocenters. The van der Waals surface area contributed by atoms with Gasteiger partial charge in [-0.15, -0.1) is 0 Å². The number of carbonyl (C=O) groups is 2. The number of hydrogen-bond donors (Lipinski definition) is 0. The molecule has 0 N–H and O–H groups in total. The monoisotopic (exact) mass is 371 g/mol. The maximum atomic E-state index is 13.2. The van der Waals surface area contributed by atoms with Gasteiger partial charge in [0.15, 0.2) is 0 Å². The summed E-state index contributed by atoms with van der Waals surface area (Å²) in [6.45, 7) is 3.28. The number of hydrogen-bond acceptors (Lipinski definition) is 4. The lowest BCUT2D eigenvalue weighted by Gasteiger charge is -2.37. The van der Waals surface area contributed by atoms with Gasteiger partial charge in [0.2, 0.25) is 22.3 Å². The minimum absolute atomic E-state index is 0.246. The van der Waals surface area contributed by atoms with Crippen molar-refractivity contribution in [2.75, 3.05) is 36.7 Å². The summed E-state index contributed by atoms with van der Waals surface area (Å²) in [5, 5.41) is 0. The van der Waals surface area contributed by atoms with Crippen molar-refractivity contribution in [1.29, 1.82) is 0 Å². The van der Waals surface area contributed by atoms with Crippen LogP contribution < -0.4 is 4.31 Å². The van der Waals surface area contributed by atoms with Gasteiger partial charge in [0.25, 0.3) is 0 Å². The van der Waals surface area contributed by atoms with Gasteiger partial charge in [-0.3, -0.25) is 13.9 Å². The van der Waals surface area contributed by atoms with Crippen LogP contribution in [-0.2, 0) is 19.6 Å². The number of piperazine rings is 1. The zero-order chi connectivity index (χ0) is 18.6. The second-order valence-corrected chi connectivity index (χ2v) is 7.79. The number of carbonyl (C=O) groups excluding carboxylic acids is 2. The van der Waals surface area contributed by atoms with Crippen LogP contribution in [0.4, 0.5) is 10.1 Å². The zero-order valence-corrected chi connectivity index (χ0v) is 15.1. The maximum Gasteiger partial charge on any atom is 0.246 e. The first-order chi connectivity index (χ1) is 11.8. The molecule has 25 heavy (non-hydrogen) atoms. The lowest BCUT2D eigenvalue weighted by Crippen LogP contribution is -2.55. The van der Waals surface area contributed by atoms with Crippen molar-refractivity contribution in [3.8, 4) is 0 Å². The summed E-state index contributed by atoms with van der Waals surface area (Å²) >= 11 is 0. The van der Waals surface area contributed by atoms with Crippen molar-refractivity contribution in [1.82, 2.24) is 9.80 Å². The zero-order valence-electron chi connectivity index (χ0n) is 14.3. The van der Waals surface area contributed by atoms with E-state index in [2.05, 4.69) is 0 Å². The van der Waals surface area contributed by atoms with Gasteiger partial charge in [0, 0.05) is 26.2 Å². The van der Waals surface area contributed by atoms with Gasteiger partial charge in [-0.1, -0.05) is 6.92 Å². The van der Waals surface area contributed by atoms with E-state index in [1.807, 2.05) is 0 Å². The van der Waals surface area contributed by atoms with E-state index in [0.29, 0.717) is 26.2 Å². The highest BCUT2D eigenvalue weighted by molar-refractivity contribution is 7.92. The van der Waals surface area contributed by atoms with Gasteiger partial charge in [-0.25, -0.2) is 12.8 Å². The van der Waals surface area contributed by atoms with Gasteiger partial charge >= 0.3 is 0 Å². The van der Waals surface area contributed by atoms with E-state index in [9.17, 15) is 22.4 Å². The first kappa shape index (κ1) is 19.2. The van der Waals surface area contributed by atoms with Crippen LogP contribution in [0.5, 0.6) is 0 Å². The Balaban J connectivity index is 2.29. The number of amides is 2. The first-order valence-electron chi connectivity index (χ1n) is 8.01. The molecule has 1 aliphatic rings. The minimum Gasteiger partial charge on any atom is -0.342 e. The van der Waals surface area contributed by atoms with Crippen LogP contribution >= 0.6 is 0 Å². The number of nitrogens with zero attached hydrogens (tertiary/aromatic N) is 3. The Morgan fingerprint density at radius 3 is 2.24 bits per heavy atom. The van der Waals surface area contributed by atoms with Crippen LogP contribution in [0.25, 0.3) is 0 Å². The smallest absolute Gasteiger partial charge is 0.246 e. The number of halogens is 1. The molecule has 0 aliphatic carbocycles. The average molecular weight is 371 g/mol. The molecular weight excluding hydrogens is 349 g/mol. The molecule has 0 radical (unpaired) electrons. The largest absolute Gasteiger partial charge is 0.342 e. The maximum absolute atomic E-state index is 13.2. The third-order valence-electron chi connectivity index (χ3n) is 4.17. The summed E-state index contributed by atoms with van der Waals surface area (Å²) in [6.07, 6.45) is 2.04. The Hall–Kier alpha value is -2.16. The van der Waals surface area contributed by atoms with Crippen molar-refractivity contribution in [2.45, 2.75) is 19.4 Å². The molecule has 1 aliphatic heterocycles. The second kappa shape index (κ2) is 7.81. The third-order valence-corrected chi connectivity index (χ3v) is 5.35. The average Bonchev–Trinajstić information content (AvgIpc) is 2.59. The van der Waals surface area contributed by atoms with Gasteiger partial charge < -0.3 is 9.80 Å². The van der Waals surface area contributed by atoms with E-state index < -0.39 is 21.9 Å². The predicted octanol–water partition coefficient (Wildman–Crippen LogP) is 0.671. The molecule has 9 heteroatoms. The molecule has 1 fully saturated rings. The van der Waals surface area contributed by atoms with Crippen LogP contribution in [0, 0.1) is 5.82 Å². The van der Waals surface area contributed by atoms with Crippen LogP contribution in [0.1, 0.15) is 13.3 Å². The van der Waals surface area contributed by atoms with E-state index >= 15 is 0 Å². The summed E-state index contributed by atoms with van der Waals surface area (Å²) < 4.78 is 38.8. The SMILES string of the molecule is CC[C@H](C(=O)N1CCN(C=O)CC1)N(c1ccc(F)cc1)S(C)(=O)=O. The molecule has 2 rings (SSSR count). The standard InChI is InChI=1S/C16H22FN3O4S/c1-3-15(16(22)19-10-8-18(12-21)9-11-19)20(25(2,23)24)14-6-4-13(17)5-7-14/h4-7,12,15H,3,8-11H2,1-2H3/t15-/m1/s1. The Morgan fingerprint density at radius 2 is 1.80 bits per heavy atom. The Bertz CT molecular complexity index is 715. The highest BCUT2D eigenvalue weighted by Gasteiger charge is 2.35. The quantitative estimate of drug-likeness (QED) is 0.689. The summed E-state index contributed by atoms with van der Waals surface area (Å²) in [7, 11) is -3.74. The molecule has 138 valence electrons. The summed E-state index contributed by atoms with van der Waals surface area (Å²) in [6, 6.07) is 4.09. The third kappa shape index (κ3) is 4.47. The molecule has 1 heterocycles. The minimum atomic E-state index is -3.74. The normalized spacial score (nSPS) is 16.4. The van der Waals surface area contributed by atoms with E-state index in [1.165, 1.54) is 12.1 Å². The van der Waals surface area contributed by atoms with Crippen LogP contribution in [0.3, 0.4) is 0 Å². The van der Waals surface area contributed by atoms with Gasteiger partial charge in [-0.2, -0.15) is 0 Å². The fourth-order valence-corrected chi connectivity index (χ4v) is 4.10. The fourth-order valence-electron chi connectivity index (χ4n) is 2.89. The van der Waals surface area contributed by atoms with Gasteiger partial charge in [-0.05, 0) is 30.7 Å². The number of rotatable bonds is 6. The van der Waals surface area contributed by atoms with Gasteiger partial charge in [0.1, 0.15) is 11.9 Å². The molecule has 7 nitrogen and oxygen atoms in total. The van der Waals surface area contributed by atoms with E-state index in [0.717, 1.165) is 29.1 Å². The number of benzene rings is 1. The predicted molar refractivity (Wildman–Crippen MR) is 92.0 cm³/mol. The van der Waals surface area contributed by atoms with Crippen molar-refractivity contribution < 1.29 is 22.4 Å². The molecule has 1 aromatic carbocycles. The fraction of sp³-hybridized carbons (Fsp3) is 0.500. The molecule has 2 amide bonds.